The lowest BCUT2D eigenvalue weighted by atomic mass is 9.91. The summed E-state index contributed by atoms with van der Waals surface area (Å²) < 4.78 is 5.83. The lowest BCUT2D eigenvalue weighted by molar-refractivity contribution is -0.0709. The normalized spacial score (nSPS) is 27.8. The molecule has 4 heteroatoms. The Balaban J connectivity index is 2.04. The van der Waals surface area contributed by atoms with Crippen LogP contribution in [0.4, 0.5) is 0 Å². The Morgan fingerprint density at radius 2 is 2.50 bits per heavy atom. The minimum absolute atomic E-state index is 0.129. The zero-order chi connectivity index (χ0) is 9.86. The zero-order valence-electron chi connectivity index (χ0n) is 8.24. The second kappa shape index (κ2) is 4.38. The molecule has 1 aliphatic rings. The average molecular weight is 212 g/mol. The summed E-state index contributed by atoms with van der Waals surface area (Å²) in [5.74, 6) is 0. The van der Waals surface area contributed by atoms with Gasteiger partial charge in [-0.15, -0.1) is 11.3 Å². The van der Waals surface area contributed by atoms with Crippen LogP contribution in [0.2, 0.25) is 0 Å². The molecule has 14 heavy (non-hydrogen) atoms. The summed E-state index contributed by atoms with van der Waals surface area (Å²) in [6.07, 6.45) is 6.18. The first-order chi connectivity index (χ1) is 6.85. The third-order valence-corrected chi connectivity index (χ3v) is 3.54. The van der Waals surface area contributed by atoms with Gasteiger partial charge >= 0.3 is 0 Å². The monoisotopic (exact) mass is 212 g/mol. The highest BCUT2D eigenvalue weighted by atomic mass is 32.1. The number of nitrogens with two attached hydrogens (primary N) is 1. The summed E-state index contributed by atoms with van der Waals surface area (Å²) in [5, 5.41) is 3.14. The van der Waals surface area contributed by atoms with Gasteiger partial charge in [0.05, 0.1) is 10.6 Å². The van der Waals surface area contributed by atoms with Crippen molar-refractivity contribution in [2.24, 2.45) is 5.73 Å². The lowest BCUT2D eigenvalue weighted by Crippen LogP contribution is -2.45. The van der Waals surface area contributed by atoms with E-state index in [-0.39, 0.29) is 5.60 Å². The first-order valence-corrected chi connectivity index (χ1v) is 5.95. The molecule has 2 N–H and O–H groups in total. The summed E-state index contributed by atoms with van der Waals surface area (Å²) in [7, 11) is 0. The van der Waals surface area contributed by atoms with Gasteiger partial charge in [0.25, 0.3) is 0 Å². The molecule has 1 unspecified atom stereocenters. The molecule has 0 amide bonds. The summed E-state index contributed by atoms with van der Waals surface area (Å²) in [6.45, 7) is 1.45. The van der Waals surface area contributed by atoms with Crippen LogP contribution in [-0.2, 0) is 11.2 Å². The van der Waals surface area contributed by atoms with Crippen LogP contribution in [0.5, 0.6) is 0 Å². The van der Waals surface area contributed by atoms with Gasteiger partial charge in [-0.25, -0.2) is 4.98 Å². The van der Waals surface area contributed by atoms with Crippen LogP contribution in [0.1, 0.15) is 24.3 Å². The van der Waals surface area contributed by atoms with Crippen LogP contribution < -0.4 is 5.73 Å². The molecule has 3 nitrogen and oxygen atoms in total. The van der Waals surface area contributed by atoms with E-state index in [0.717, 1.165) is 24.5 Å². The third kappa shape index (κ3) is 2.13. The van der Waals surface area contributed by atoms with E-state index in [2.05, 4.69) is 4.98 Å². The van der Waals surface area contributed by atoms with Crippen molar-refractivity contribution >= 4 is 11.3 Å². The van der Waals surface area contributed by atoms with Gasteiger partial charge in [0.2, 0.25) is 0 Å². The lowest BCUT2D eigenvalue weighted by Gasteiger charge is -2.35. The van der Waals surface area contributed by atoms with Crippen molar-refractivity contribution in [2.75, 3.05) is 13.2 Å². The van der Waals surface area contributed by atoms with Gasteiger partial charge in [0.1, 0.15) is 0 Å². The third-order valence-electron chi connectivity index (χ3n) is 2.76. The highest BCUT2D eigenvalue weighted by Gasteiger charge is 2.32. The smallest absolute Gasteiger partial charge is 0.0954 e. The Kier molecular flexibility index (Phi) is 3.15. The molecule has 1 atom stereocenters. The fourth-order valence-corrected chi connectivity index (χ4v) is 2.65. The summed E-state index contributed by atoms with van der Waals surface area (Å²) in [5.41, 5.74) is 5.68. The predicted octanol–water partition coefficient (Wildman–Crippen LogP) is 1.58. The maximum Gasteiger partial charge on any atom is 0.0954 e. The summed E-state index contributed by atoms with van der Waals surface area (Å²) in [4.78, 5) is 4.29. The molecule has 1 saturated heterocycles. The van der Waals surface area contributed by atoms with Gasteiger partial charge in [-0.1, -0.05) is 0 Å². The van der Waals surface area contributed by atoms with Gasteiger partial charge < -0.3 is 10.5 Å². The largest absolute Gasteiger partial charge is 0.373 e. The van der Waals surface area contributed by atoms with Crippen LogP contribution in [-0.4, -0.2) is 23.7 Å². The Labute approximate surface area is 88.3 Å². The number of ether oxygens (including phenoxy) is 1. The summed E-state index contributed by atoms with van der Waals surface area (Å²) >= 11 is 1.68. The van der Waals surface area contributed by atoms with Crippen molar-refractivity contribution in [2.45, 2.75) is 31.3 Å². The van der Waals surface area contributed by atoms with Crippen LogP contribution in [0, 0.1) is 0 Å². The average Bonchev–Trinajstić information content (AvgIpc) is 2.72. The molecule has 0 aromatic carbocycles. The van der Waals surface area contributed by atoms with Crippen LogP contribution in [0.25, 0.3) is 0 Å². The highest BCUT2D eigenvalue weighted by molar-refractivity contribution is 7.09. The van der Waals surface area contributed by atoms with Crippen molar-refractivity contribution in [3.8, 4) is 0 Å². The molecule has 0 bridgehead atoms. The first kappa shape index (κ1) is 10.1. The van der Waals surface area contributed by atoms with Gasteiger partial charge in [-0.2, -0.15) is 0 Å². The number of thiazole rings is 1. The molecule has 0 aliphatic carbocycles. The van der Waals surface area contributed by atoms with Crippen LogP contribution in [0.15, 0.2) is 11.6 Å². The maximum absolute atomic E-state index is 5.83. The minimum Gasteiger partial charge on any atom is -0.373 e. The van der Waals surface area contributed by atoms with Crippen molar-refractivity contribution in [3.05, 3.63) is 16.6 Å². The fourth-order valence-electron chi connectivity index (χ4n) is 1.90. The second-order valence-corrected chi connectivity index (χ2v) is 4.77. The van der Waals surface area contributed by atoms with Crippen LogP contribution in [0.3, 0.4) is 0 Å². The van der Waals surface area contributed by atoms with E-state index in [9.17, 15) is 0 Å². The first-order valence-electron chi connectivity index (χ1n) is 5.07. The Morgan fingerprint density at radius 1 is 1.57 bits per heavy atom. The molecule has 1 aromatic heterocycles. The second-order valence-electron chi connectivity index (χ2n) is 3.80. The number of hydrogen-bond donors (Lipinski definition) is 1. The number of rotatable bonds is 3. The molecule has 1 fully saturated rings. The molecule has 0 radical (unpaired) electrons. The quantitative estimate of drug-likeness (QED) is 0.827. The van der Waals surface area contributed by atoms with Crippen molar-refractivity contribution < 1.29 is 4.74 Å². The summed E-state index contributed by atoms with van der Waals surface area (Å²) in [6, 6.07) is 0. The standard InChI is InChI=1S/C10H16N2OS/c11-8-10(3-1-2-5-13-10)7-9-12-4-6-14-9/h4,6H,1-3,5,7-8,11H2. The van der Waals surface area contributed by atoms with E-state index in [1.807, 2.05) is 11.6 Å². The molecule has 2 rings (SSSR count). The molecule has 0 spiro atoms. The zero-order valence-corrected chi connectivity index (χ0v) is 9.05. The van der Waals surface area contributed by atoms with E-state index in [1.54, 1.807) is 11.3 Å². The molecule has 0 saturated carbocycles. The van der Waals surface area contributed by atoms with E-state index in [4.69, 9.17) is 10.5 Å². The van der Waals surface area contributed by atoms with Gasteiger partial charge in [-0.05, 0) is 19.3 Å². The molecule has 2 heterocycles. The Morgan fingerprint density at radius 3 is 3.07 bits per heavy atom. The van der Waals surface area contributed by atoms with E-state index in [0.29, 0.717) is 6.54 Å². The highest BCUT2D eigenvalue weighted by Crippen LogP contribution is 2.28. The van der Waals surface area contributed by atoms with E-state index >= 15 is 0 Å². The van der Waals surface area contributed by atoms with Gasteiger partial charge in [0.15, 0.2) is 0 Å². The molecular weight excluding hydrogens is 196 g/mol. The van der Waals surface area contributed by atoms with E-state index in [1.165, 1.54) is 12.8 Å². The Bertz CT molecular complexity index is 268. The fraction of sp³-hybridized carbons (Fsp3) is 0.700. The number of aromatic nitrogens is 1. The van der Waals surface area contributed by atoms with Crippen molar-refractivity contribution in [3.63, 3.8) is 0 Å². The molecule has 78 valence electrons. The minimum atomic E-state index is -0.129. The topological polar surface area (TPSA) is 48.1 Å². The van der Waals surface area contributed by atoms with E-state index < -0.39 is 0 Å². The van der Waals surface area contributed by atoms with Gasteiger partial charge in [0, 0.05) is 31.1 Å². The van der Waals surface area contributed by atoms with Crippen molar-refractivity contribution in [1.29, 1.82) is 0 Å². The SMILES string of the molecule is NCC1(Cc2nccs2)CCCCO1. The van der Waals surface area contributed by atoms with Crippen LogP contribution >= 0.6 is 11.3 Å². The number of hydrogen-bond acceptors (Lipinski definition) is 4. The number of nitrogens with zero attached hydrogens (tertiary/aromatic N) is 1. The molecule has 1 aliphatic heterocycles. The van der Waals surface area contributed by atoms with Crippen molar-refractivity contribution in [1.82, 2.24) is 4.98 Å². The Hall–Kier alpha value is -0.450. The molecular formula is C10H16N2OS. The van der Waals surface area contributed by atoms with Gasteiger partial charge in [-0.3, -0.25) is 0 Å². The predicted molar refractivity (Wildman–Crippen MR) is 57.4 cm³/mol. The maximum atomic E-state index is 5.83. The molecule has 1 aromatic rings.